The number of rotatable bonds is 1. The lowest BCUT2D eigenvalue weighted by Crippen LogP contribution is -2.22. The largest absolute Gasteiger partial charge is 0.398 e. The third kappa shape index (κ3) is 1.60. The highest BCUT2D eigenvalue weighted by atomic mass is 32.1. The molecule has 16 heavy (non-hydrogen) atoms. The average Bonchev–Trinajstić information content (AvgIpc) is 2.73. The molecule has 2 aromatic rings. The number of hydrogen-bond acceptors (Lipinski definition) is 4. The van der Waals surface area contributed by atoms with E-state index in [9.17, 15) is 0 Å². The molecule has 0 fully saturated rings. The predicted octanol–water partition coefficient (Wildman–Crippen LogP) is 2.04. The van der Waals surface area contributed by atoms with Gasteiger partial charge in [0.15, 0.2) is 0 Å². The highest BCUT2D eigenvalue weighted by molar-refractivity contribution is 7.15. The van der Waals surface area contributed by atoms with Crippen LogP contribution in [0.5, 0.6) is 0 Å². The summed E-state index contributed by atoms with van der Waals surface area (Å²) in [6.45, 7) is 1.97. The van der Waals surface area contributed by atoms with Gasteiger partial charge in [0, 0.05) is 35.6 Å². The van der Waals surface area contributed by atoms with E-state index in [0.717, 1.165) is 35.8 Å². The van der Waals surface area contributed by atoms with Gasteiger partial charge in [-0.2, -0.15) is 0 Å². The van der Waals surface area contributed by atoms with Gasteiger partial charge in [0.25, 0.3) is 0 Å². The standard InChI is InChI=1S/C12H13N3S/c13-9-4-2-1-3-8(9)12-15-10-5-6-14-7-11(10)16-12/h1-4,14H,5-7,13H2. The Morgan fingerprint density at radius 3 is 3.00 bits per heavy atom. The Kier molecular flexibility index (Phi) is 2.38. The number of anilines is 1. The summed E-state index contributed by atoms with van der Waals surface area (Å²) in [4.78, 5) is 6.03. The van der Waals surface area contributed by atoms with Crippen molar-refractivity contribution in [2.75, 3.05) is 12.3 Å². The van der Waals surface area contributed by atoms with Crippen LogP contribution < -0.4 is 11.1 Å². The van der Waals surface area contributed by atoms with Crippen molar-refractivity contribution in [3.8, 4) is 10.6 Å². The molecule has 3 rings (SSSR count). The van der Waals surface area contributed by atoms with E-state index >= 15 is 0 Å². The fourth-order valence-electron chi connectivity index (χ4n) is 1.93. The van der Waals surface area contributed by atoms with Gasteiger partial charge in [-0.1, -0.05) is 12.1 Å². The van der Waals surface area contributed by atoms with E-state index in [-0.39, 0.29) is 0 Å². The number of hydrogen-bond donors (Lipinski definition) is 2. The lowest BCUT2D eigenvalue weighted by atomic mass is 10.2. The summed E-state index contributed by atoms with van der Waals surface area (Å²) >= 11 is 1.75. The van der Waals surface area contributed by atoms with Crippen molar-refractivity contribution < 1.29 is 0 Å². The van der Waals surface area contributed by atoms with Gasteiger partial charge < -0.3 is 11.1 Å². The summed E-state index contributed by atoms with van der Waals surface area (Å²) in [5, 5.41) is 4.41. The molecule has 1 aromatic heterocycles. The van der Waals surface area contributed by atoms with Crippen LogP contribution in [0.15, 0.2) is 24.3 Å². The Labute approximate surface area is 98.3 Å². The van der Waals surface area contributed by atoms with E-state index < -0.39 is 0 Å². The van der Waals surface area contributed by atoms with Crippen molar-refractivity contribution in [1.82, 2.24) is 10.3 Å². The molecule has 1 aliphatic heterocycles. The summed E-state index contributed by atoms with van der Waals surface area (Å²) in [7, 11) is 0. The zero-order valence-corrected chi connectivity index (χ0v) is 9.68. The first kappa shape index (κ1) is 9.81. The zero-order valence-electron chi connectivity index (χ0n) is 8.86. The van der Waals surface area contributed by atoms with Crippen molar-refractivity contribution in [2.24, 2.45) is 0 Å². The van der Waals surface area contributed by atoms with E-state index in [1.807, 2.05) is 24.3 Å². The molecule has 82 valence electrons. The molecule has 4 heteroatoms. The van der Waals surface area contributed by atoms with E-state index in [1.165, 1.54) is 10.6 Å². The molecule has 0 spiro atoms. The smallest absolute Gasteiger partial charge is 0.125 e. The van der Waals surface area contributed by atoms with Crippen LogP contribution in [0.25, 0.3) is 10.6 Å². The predicted molar refractivity (Wildman–Crippen MR) is 67.4 cm³/mol. The lowest BCUT2D eigenvalue weighted by molar-refractivity contribution is 0.644. The minimum atomic E-state index is 0.807. The van der Waals surface area contributed by atoms with Crippen LogP contribution >= 0.6 is 11.3 Å². The third-order valence-corrected chi connectivity index (χ3v) is 3.92. The fraction of sp³-hybridized carbons (Fsp3) is 0.250. The third-order valence-electron chi connectivity index (χ3n) is 2.79. The van der Waals surface area contributed by atoms with E-state index in [4.69, 9.17) is 5.73 Å². The molecule has 2 heterocycles. The van der Waals surface area contributed by atoms with Crippen LogP contribution in [0.2, 0.25) is 0 Å². The van der Waals surface area contributed by atoms with Gasteiger partial charge in [-0.25, -0.2) is 4.98 Å². The first-order valence-corrected chi connectivity index (χ1v) is 6.20. The molecule has 0 aliphatic carbocycles. The second kappa shape index (κ2) is 3.88. The molecule has 0 radical (unpaired) electrons. The summed E-state index contributed by atoms with van der Waals surface area (Å²) < 4.78 is 0. The van der Waals surface area contributed by atoms with Gasteiger partial charge in [0.1, 0.15) is 5.01 Å². The van der Waals surface area contributed by atoms with Gasteiger partial charge in [-0.05, 0) is 12.1 Å². The Morgan fingerprint density at radius 2 is 2.19 bits per heavy atom. The molecule has 1 aliphatic rings. The number of nitrogens with one attached hydrogen (secondary N) is 1. The van der Waals surface area contributed by atoms with Gasteiger partial charge in [-0.15, -0.1) is 11.3 Å². The van der Waals surface area contributed by atoms with Crippen LogP contribution in [0.1, 0.15) is 10.6 Å². The Bertz CT molecular complexity index is 495. The maximum absolute atomic E-state index is 5.96. The number of fused-ring (bicyclic) bond motifs is 1. The van der Waals surface area contributed by atoms with Crippen LogP contribution in [-0.2, 0) is 13.0 Å². The highest BCUT2D eigenvalue weighted by Gasteiger charge is 2.16. The van der Waals surface area contributed by atoms with Crippen LogP contribution in [0, 0.1) is 0 Å². The quantitative estimate of drug-likeness (QED) is 0.738. The second-order valence-corrected chi connectivity index (χ2v) is 4.99. The Morgan fingerprint density at radius 1 is 1.31 bits per heavy atom. The molecule has 1 aromatic carbocycles. The van der Waals surface area contributed by atoms with Crippen molar-refractivity contribution in [2.45, 2.75) is 13.0 Å². The lowest BCUT2D eigenvalue weighted by Gasteiger charge is -2.09. The molecule has 3 nitrogen and oxygen atoms in total. The van der Waals surface area contributed by atoms with Crippen molar-refractivity contribution in [3.63, 3.8) is 0 Å². The van der Waals surface area contributed by atoms with Crippen molar-refractivity contribution >= 4 is 17.0 Å². The molecular weight excluding hydrogens is 218 g/mol. The first-order valence-electron chi connectivity index (χ1n) is 5.39. The average molecular weight is 231 g/mol. The number of benzene rings is 1. The molecule has 0 unspecified atom stereocenters. The normalized spacial score (nSPS) is 14.8. The van der Waals surface area contributed by atoms with Gasteiger partial charge >= 0.3 is 0 Å². The van der Waals surface area contributed by atoms with Crippen molar-refractivity contribution in [1.29, 1.82) is 0 Å². The minimum absolute atomic E-state index is 0.807. The molecule has 0 amide bonds. The molecule has 3 N–H and O–H groups in total. The molecule has 0 atom stereocenters. The molecule has 0 saturated heterocycles. The van der Waals surface area contributed by atoms with E-state index in [2.05, 4.69) is 10.3 Å². The van der Waals surface area contributed by atoms with Gasteiger partial charge in [0.2, 0.25) is 0 Å². The zero-order chi connectivity index (χ0) is 11.0. The second-order valence-electron chi connectivity index (χ2n) is 3.90. The summed E-state index contributed by atoms with van der Waals surface area (Å²) in [6.07, 6.45) is 1.03. The summed E-state index contributed by atoms with van der Waals surface area (Å²) in [5.41, 5.74) is 9.06. The van der Waals surface area contributed by atoms with Crippen LogP contribution in [-0.4, -0.2) is 11.5 Å². The minimum Gasteiger partial charge on any atom is -0.398 e. The maximum atomic E-state index is 5.96. The number of thiazole rings is 1. The number of aromatic nitrogens is 1. The Hall–Kier alpha value is -1.39. The van der Waals surface area contributed by atoms with Crippen LogP contribution in [0.4, 0.5) is 5.69 Å². The number of nitrogen functional groups attached to an aromatic ring is 1. The highest BCUT2D eigenvalue weighted by Crippen LogP contribution is 2.32. The molecular formula is C12H13N3S. The van der Waals surface area contributed by atoms with E-state index in [0.29, 0.717) is 0 Å². The fourth-order valence-corrected chi connectivity index (χ4v) is 3.06. The van der Waals surface area contributed by atoms with Gasteiger partial charge in [-0.3, -0.25) is 0 Å². The molecule has 0 saturated carbocycles. The number of nitrogens with two attached hydrogens (primary N) is 1. The SMILES string of the molecule is Nc1ccccc1-c1nc2c(s1)CNCC2. The monoisotopic (exact) mass is 231 g/mol. The van der Waals surface area contributed by atoms with E-state index in [1.54, 1.807) is 11.3 Å². The number of para-hydroxylation sites is 1. The summed E-state index contributed by atoms with van der Waals surface area (Å²) in [6, 6.07) is 7.92. The van der Waals surface area contributed by atoms with Crippen molar-refractivity contribution in [3.05, 3.63) is 34.8 Å². The topological polar surface area (TPSA) is 50.9 Å². The molecule has 0 bridgehead atoms. The first-order chi connectivity index (χ1) is 7.84. The number of nitrogens with zero attached hydrogens (tertiary/aromatic N) is 1. The van der Waals surface area contributed by atoms with Crippen LogP contribution in [0.3, 0.4) is 0 Å². The maximum Gasteiger partial charge on any atom is 0.125 e. The summed E-state index contributed by atoms with van der Waals surface area (Å²) in [5.74, 6) is 0. The Balaban J connectivity index is 2.07. The van der Waals surface area contributed by atoms with Gasteiger partial charge in [0.05, 0.1) is 5.69 Å².